The first-order valence-corrected chi connectivity index (χ1v) is 8.09. The fourth-order valence-corrected chi connectivity index (χ4v) is 2.57. The van der Waals surface area contributed by atoms with Gasteiger partial charge in [0.2, 0.25) is 5.91 Å². The Labute approximate surface area is 134 Å². The minimum absolute atomic E-state index is 0.143. The second-order valence-electron chi connectivity index (χ2n) is 6.42. The lowest BCUT2D eigenvalue weighted by atomic mass is 9.89. The van der Waals surface area contributed by atoms with Gasteiger partial charge in [0.15, 0.2) is 10.8 Å². The highest BCUT2D eigenvalue weighted by Gasteiger charge is 2.22. The Kier molecular flexibility index (Phi) is 5.03. The first-order valence-electron chi connectivity index (χ1n) is 7.21. The molecule has 0 aliphatic carbocycles. The second-order valence-corrected chi connectivity index (χ2v) is 7.28. The molecule has 0 fully saturated rings. The lowest BCUT2D eigenvalue weighted by Crippen LogP contribution is -2.39. The van der Waals surface area contributed by atoms with Crippen LogP contribution in [0.15, 0.2) is 21.9 Å². The molecule has 0 radical (unpaired) electrons. The summed E-state index contributed by atoms with van der Waals surface area (Å²) in [4.78, 5) is 16.3. The summed E-state index contributed by atoms with van der Waals surface area (Å²) in [5.41, 5.74) is 0.454. The van der Waals surface area contributed by atoms with Gasteiger partial charge in [-0.15, -0.1) is 11.3 Å². The van der Waals surface area contributed by atoms with Gasteiger partial charge in [0.05, 0.1) is 18.2 Å². The molecule has 2 N–H and O–H groups in total. The van der Waals surface area contributed by atoms with Crippen LogP contribution >= 0.6 is 11.3 Å². The van der Waals surface area contributed by atoms with Crippen LogP contribution in [0, 0.1) is 12.3 Å². The van der Waals surface area contributed by atoms with Crippen molar-refractivity contribution in [3.8, 4) is 10.8 Å². The monoisotopic (exact) mass is 322 g/mol. The predicted octanol–water partition coefficient (Wildman–Crippen LogP) is 2.78. The molecule has 2 aromatic rings. The number of hydrogen-bond donors (Lipinski definition) is 2. The molecule has 0 saturated heterocycles. The zero-order chi connectivity index (χ0) is 16.3. The van der Waals surface area contributed by atoms with Gasteiger partial charge in [-0.25, -0.2) is 4.98 Å². The van der Waals surface area contributed by atoms with E-state index in [0.717, 1.165) is 16.5 Å². The molecular formula is C16H22N2O3S. The summed E-state index contributed by atoms with van der Waals surface area (Å²) in [6.07, 6.45) is -0.374. The van der Waals surface area contributed by atoms with E-state index in [2.05, 4.69) is 10.3 Å². The third kappa shape index (κ3) is 4.42. The lowest BCUT2D eigenvalue weighted by Gasteiger charge is -2.25. The zero-order valence-electron chi connectivity index (χ0n) is 13.3. The highest BCUT2D eigenvalue weighted by Crippen LogP contribution is 2.25. The Morgan fingerprint density at radius 1 is 1.45 bits per heavy atom. The molecule has 6 heteroatoms. The van der Waals surface area contributed by atoms with Crippen LogP contribution in [-0.2, 0) is 11.2 Å². The van der Waals surface area contributed by atoms with Crippen LogP contribution in [0.25, 0.3) is 10.8 Å². The molecule has 2 heterocycles. The van der Waals surface area contributed by atoms with Crippen LogP contribution in [-0.4, -0.2) is 28.6 Å². The van der Waals surface area contributed by atoms with Gasteiger partial charge in [0.1, 0.15) is 5.76 Å². The van der Waals surface area contributed by atoms with Crippen molar-refractivity contribution in [2.75, 3.05) is 6.54 Å². The van der Waals surface area contributed by atoms with Crippen LogP contribution in [0.3, 0.4) is 0 Å². The van der Waals surface area contributed by atoms with Crippen molar-refractivity contribution in [1.29, 1.82) is 0 Å². The Morgan fingerprint density at radius 2 is 2.18 bits per heavy atom. The second kappa shape index (κ2) is 6.62. The van der Waals surface area contributed by atoms with E-state index in [9.17, 15) is 9.90 Å². The van der Waals surface area contributed by atoms with Crippen LogP contribution in [0.2, 0.25) is 0 Å². The molecule has 22 heavy (non-hydrogen) atoms. The number of nitrogens with one attached hydrogen (secondary N) is 1. The Balaban J connectivity index is 1.89. The summed E-state index contributed by atoms with van der Waals surface area (Å²) in [6.45, 7) is 7.92. The molecule has 5 nitrogen and oxygen atoms in total. The summed E-state index contributed by atoms with van der Waals surface area (Å²) < 4.78 is 5.52. The largest absolute Gasteiger partial charge is 0.459 e. The van der Waals surface area contributed by atoms with E-state index in [1.807, 2.05) is 45.2 Å². The average molecular weight is 322 g/mol. The van der Waals surface area contributed by atoms with E-state index in [4.69, 9.17) is 4.42 Å². The van der Waals surface area contributed by atoms with Crippen molar-refractivity contribution in [3.63, 3.8) is 0 Å². The van der Waals surface area contributed by atoms with Gasteiger partial charge in [-0.2, -0.15) is 0 Å². The molecule has 1 amide bonds. The third-order valence-electron chi connectivity index (χ3n) is 3.34. The summed E-state index contributed by atoms with van der Waals surface area (Å²) in [5, 5.41) is 15.3. The van der Waals surface area contributed by atoms with Crippen molar-refractivity contribution in [1.82, 2.24) is 10.3 Å². The molecule has 2 rings (SSSR count). The number of aryl methyl sites for hydroxylation is 1. The third-order valence-corrected chi connectivity index (χ3v) is 4.24. The summed E-state index contributed by atoms with van der Waals surface area (Å²) in [7, 11) is 0. The standard InChI is InChI=1S/C16H22N2O3S/c1-10-5-6-12(21-10)15-18-11(9-22-15)7-14(20)17-8-13(19)16(2,3)4/h5-6,9,13,19H,7-8H2,1-4H3,(H,17,20). The number of nitrogens with zero attached hydrogens (tertiary/aromatic N) is 1. The van der Waals surface area contributed by atoms with Gasteiger partial charge in [-0.05, 0) is 24.5 Å². The van der Waals surface area contributed by atoms with E-state index in [0.29, 0.717) is 5.69 Å². The summed E-state index contributed by atoms with van der Waals surface area (Å²) >= 11 is 1.45. The number of furan rings is 1. The number of aliphatic hydroxyl groups is 1. The van der Waals surface area contributed by atoms with Crippen molar-refractivity contribution in [3.05, 3.63) is 29.0 Å². The van der Waals surface area contributed by atoms with Gasteiger partial charge in [0.25, 0.3) is 0 Å². The predicted molar refractivity (Wildman–Crippen MR) is 86.7 cm³/mol. The number of rotatable bonds is 5. The molecule has 0 bridgehead atoms. The average Bonchev–Trinajstić information content (AvgIpc) is 3.03. The molecule has 120 valence electrons. The molecule has 0 aromatic carbocycles. The van der Waals surface area contributed by atoms with E-state index in [1.54, 1.807) is 0 Å². The lowest BCUT2D eigenvalue weighted by molar-refractivity contribution is -0.121. The van der Waals surface area contributed by atoms with Crippen LogP contribution in [0.1, 0.15) is 32.2 Å². The van der Waals surface area contributed by atoms with Gasteiger partial charge >= 0.3 is 0 Å². The Morgan fingerprint density at radius 3 is 2.77 bits per heavy atom. The van der Waals surface area contributed by atoms with Crippen LogP contribution in [0.4, 0.5) is 0 Å². The van der Waals surface area contributed by atoms with Gasteiger partial charge in [0, 0.05) is 11.9 Å². The van der Waals surface area contributed by atoms with E-state index < -0.39 is 6.10 Å². The minimum atomic E-state index is -0.575. The fraction of sp³-hybridized carbons (Fsp3) is 0.500. The molecule has 1 atom stereocenters. The number of carbonyl (C=O) groups excluding carboxylic acids is 1. The highest BCUT2D eigenvalue weighted by molar-refractivity contribution is 7.13. The van der Waals surface area contributed by atoms with Crippen molar-refractivity contribution < 1.29 is 14.3 Å². The normalized spacial score (nSPS) is 13.1. The summed E-state index contributed by atoms with van der Waals surface area (Å²) in [5.74, 6) is 1.41. The molecule has 0 aliphatic heterocycles. The van der Waals surface area contributed by atoms with Crippen molar-refractivity contribution in [2.45, 2.75) is 40.2 Å². The first-order chi connectivity index (χ1) is 10.3. The number of aromatic nitrogens is 1. The van der Waals surface area contributed by atoms with Gasteiger partial charge < -0.3 is 14.8 Å². The molecule has 1 unspecified atom stereocenters. The van der Waals surface area contributed by atoms with Crippen molar-refractivity contribution in [2.24, 2.45) is 5.41 Å². The quantitative estimate of drug-likeness (QED) is 0.887. The number of carbonyl (C=O) groups is 1. The van der Waals surface area contributed by atoms with Gasteiger partial charge in [-0.1, -0.05) is 20.8 Å². The van der Waals surface area contributed by atoms with E-state index in [-0.39, 0.29) is 24.3 Å². The Bertz CT molecular complexity index is 640. The molecule has 2 aromatic heterocycles. The maximum absolute atomic E-state index is 11.9. The number of amides is 1. The van der Waals surface area contributed by atoms with E-state index >= 15 is 0 Å². The minimum Gasteiger partial charge on any atom is -0.459 e. The van der Waals surface area contributed by atoms with Gasteiger partial charge in [-0.3, -0.25) is 4.79 Å². The van der Waals surface area contributed by atoms with Crippen molar-refractivity contribution >= 4 is 17.2 Å². The molecule has 0 spiro atoms. The maximum Gasteiger partial charge on any atom is 0.226 e. The highest BCUT2D eigenvalue weighted by atomic mass is 32.1. The van der Waals surface area contributed by atoms with Crippen LogP contribution in [0.5, 0.6) is 0 Å². The molecule has 0 aliphatic rings. The number of thiazole rings is 1. The Hall–Kier alpha value is -1.66. The molecule has 0 saturated carbocycles. The van der Waals surface area contributed by atoms with E-state index in [1.165, 1.54) is 11.3 Å². The topological polar surface area (TPSA) is 75.4 Å². The summed E-state index contributed by atoms with van der Waals surface area (Å²) in [6, 6.07) is 3.76. The maximum atomic E-state index is 11.9. The smallest absolute Gasteiger partial charge is 0.226 e. The SMILES string of the molecule is Cc1ccc(-c2nc(CC(=O)NCC(O)C(C)(C)C)cs2)o1. The molecular weight excluding hydrogens is 300 g/mol. The fourth-order valence-electron chi connectivity index (χ4n) is 1.79. The number of aliphatic hydroxyl groups excluding tert-OH is 1. The van der Waals surface area contributed by atoms with Crippen LogP contribution < -0.4 is 5.32 Å². The number of hydrogen-bond acceptors (Lipinski definition) is 5. The zero-order valence-corrected chi connectivity index (χ0v) is 14.2. The first kappa shape index (κ1) is 16.7.